The van der Waals surface area contributed by atoms with E-state index < -0.39 is 29.2 Å². The number of carbonyl (C=O) groups excluding carboxylic acids is 3. The van der Waals surface area contributed by atoms with Gasteiger partial charge in [0.15, 0.2) is 11.5 Å². The monoisotopic (exact) mass is 411 g/mol. The van der Waals surface area contributed by atoms with Crippen molar-refractivity contribution in [1.82, 2.24) is 9.80 Å². The van der Waals surface area contributed by atoms with Gasteiger partial charge in [-0.3, -0.25) is 29.4 Å². The Labute approximate surface area is 170 Å². The number of likely N-dealkylation sites (N-methyl/N-ethyl adjacent to an activating group) is 1. The summed E-state index contributed by atoms with van der Waals surface area (Å²) in [7, 11) is 0. The topological polar surface area (TPSA) is 119 Å². The Balaban J connectivity index is 1.48. The fraction of sp³-hybridized carbons (Fsp3) is 0.250. The standard InChI is InChI=1S/C20H17N3O7/c1-2-21(9-12-3-6-16-17(7-12)30-11-29-16)18(24)10-22-19(25)14-5-4-13(23(27)28)8-15(14)20(22)26/h3-8H,2,9-11H2,1H3. The fourth-order valence-corrected chi connectivity index (χ4v) is 3.41. The number of ether oxygens (including phenoxy) is 2. The number of fused-ring (bicyclic) bond motifs is 2. The number of nitrogens with zero attached hydrogens (tertiary/aromatic N) is 3. The van der Waals surface area contributed by atoms with Crippen molar-refractivity contribution in [1.29, 1.82) is 0 Å². The van der Waals surface area contributed by atoms with Crippen LogP contribution in [0.15, 0.2) is 36.4 Å². The maximum Gasteiger partial charge on any atom is 0.270 e. The van der Waals surface area contributed by atoms with Gasteiger partial charge in [0.2, 0.25) is 12.7 Å². The molecular formula is C20H17N3O7. The molecule has 0 N–H and O–H groups in total. The molecule has 2 aromatic carbocycles. The number of carbonyl (C=O) groups is 3. The lowest BCUT2D eigenvalue weighted by Gasteiger charge is -2.23. The molecule has 10 heteroatoms. The van der Waals surface area contributed by atoms with E-state index in [4.69, 9.17) is 9.47 Å². The molecule has 0 bridgehead atoms. The Hall–Kier alpha value is -3.95. The van der Waals surface area contributed by atoms with Crippen LogP contribution in [0.5, 0.6) is 11.5 Å². The molecule has 4 rings (SSSR count). The van der Waals surface area contributed by atoms with Crippen LogP contribution in [0.1, 0.15) is 33.2 Å². The molecule has 2 heterocycles. The number of hydrogen-bond donors (Lipinski definition) is 0. The number of rotatable bonds is 6. The predicted molar refractivity (Wildman–Crippen MR) is 102 cm³/mol. The van der Waals surface area contributed by atoms with Crippen LogP contribution in [0.25, 0.3) is 0 Å². The average molecular weight is 411 g/mol. The van der Waals surface area contributed by atoms with Crippen molar-refractivity contribution in [3.8, 4) is 11.5 Å². The molecule has 154 valence electrons. The molecule has 0 spiro atoms. The van der Waals surface area contributed by atoms with Crippen LogP contribution in [0.4, 0.5) is 5.69 Å². The first-order valence-corrected chi connectivity index (χ1v) is 9.20. The van der Waals surface area contributed by atoms with Crippen molar-refractivity contribution < 1.29 is 28.8 Å². The van der Waals surface area contributed by atoms with E-state index in [0.717, 1.165) is 22.6 Å². The molecule has 3 amide bonds. The molecule has 10 nitrogen and oxygen atoms in total. The van der Waals surface area contributed by atoms with E-state index in [9.17, 15) is 24.5 Å². The van der Waals surface area contributed by atoms with Crippen LogP contribution in [0.3, 0.4) is 0 Å². The van der Waals surface area contributed by atoms with Gasteiger partial charge in [-0.05, 0) is 30.7 Å². The van der Waals surface area contributed by atoms with Gasteiger partial charge in [-0.2, -0.15) is 0 Å². The number of imide groups is 1. The zero-order chi connectivity index (χ0) is 21.4. The summed E-state index contributed by atoms with van der Waals surface area (Å²) in [5, 5.41) is 10.9. The van der Waals surface area contributed by atoms with Gasteiger partial charge in [0.1, 0.15) is 6.54 Å². The highest BCUT2D eigenvalue weighted by molar-refractivity contribution is 6.22. The molecule has 0 aliphatic carbocycles. The van der Waals surface area contributed by atoms with Crippen molar-refractivity contribution in [3.63, 3.8) is 0 Å². The van der Waals surface area contributed by atoms with Crippen LogP contribution in [-0.2, 0) is 11.3 Å². The summed E-state index contributed by atoms with van der Waals surface area (Å²) in [6, 6.07) is 8.80. The molecule has 2 aliphatic rings. The number of benzene rings is 2. The first-order chi connectivity index (χ1) is 14.4. The van der Waals surface area contributed by atoms with Gasteiger partial charge in [-0.1, -0.05) is 6.07 Å². The van der Waals surface area contributed by atoms with Crippen LogP contribution in [0, 0.1) is 10.1 Å². The summed E-state index contributed by atoms with van der Waals surface area (Å²) in [5.41, 5.74) is 0.506. The van der Waals surface area contributed by atoms with E-state index in [2.05, 4.69) is 0 Å². The maximum atomic E-state index is 12.8. The van der Waals surface area contributed by atoms with Crippen LogP contribution in [0.2, 0.25) is 0 Å². The van der Waals surface area contributed by atoms with Crippen LogP contribution >= 0.6 is 0 Å². The lowest BCUT2D eigenvalue weighted by atomic mass is 10.1. The van der Waals surface area contributed by atoms with Crippen molar-refractivity contribution >= 4 is 23.4 Å². The van der Waals surface area contributed by atoms with Crippen LogP contribution in [-0.4, -0.2) is 52.3 Å². The first-order valence-electron chi connectivity index (χ1n) is 9.20. The second-order valence-electron chi connectivity index (χ2n) is 6.78. The normalized spacial score (nSPS) is 14.1. The van der Waals surface area contributed by atoms with E-state index >= 15 is 0 Å². The summed E-state index contributed by atoms with van der Waals surface area (Å²) in [6.45, 7) is 2.12. The highest BCUT2D eigenvalue weighted by Gasteiger charge is 2.38. The first kappa shape index (κ1) is 19.4. The minimum absolute atomic E-state index is 0.0530. The molecule has 0 saturated heterocycles. The molecule has 0 fully saturated rings. The molecular weight excluding hydrogens is 394 g/mol. The minimum atomic E-state index is -0.716. The Kier molecular flexibility index (Phi) is 4.82. The van der Waals surface area contributed by atoms with E-state index in [1.165, 1.54) is 11.0 Å². The smallest absolute Gasteiger partial charge is 0.270 e. The Bertz CT molecular complexity index is 1080. The Morgan fingerprint density at radius 3 is 2.57 bits per heavy atom. The Morgan fingerprint density at radius 2 is 1.83 bits per heavy atom. The quantitative estimate of drug-likeness (QED) is 0.405. The molecule has 0 unspecified atom stereocenters. The van der Waals surface area contributed by atoms with Gasteiger partial charge in [-0.25, -0.2) is 0 Å². The van der Waals surface area contributed by atoms with E-state index in [0.29, 0.717) is 18.0 Å². The second-order valence-corrected chi connectivity index (χ2v) is 6.78. The second kappa shape index (κ2) is 7.47. The molecule has 30 heavy (non-hydrogen) atoms. The van der Waals surface area contributed by atoms with Gasteiger partial charge >= 0.3 is 0 Å². The lowest BCUT2D eigenvalue weighted by molar-refractivity contribution is -0.384. The van der Waals surface area contributed by atoms with Gasteiger partial charge in [0.25, 0.3) is 17.5 Å². The summed E-state index contributed by atoms with van der Waals surface area (Å²) < 4.78 is 10.6. The number of non-ortho nitro benzene ring substituents is 1. The average Bonchev–Trinajstić information content (AvgIpc) is 3.30. The van der Waals surface area contributed by atoms with Crippen molar-refractivity contribution in [2.24, 2.45) is 0 Å². The van der Waals surface area contributed by atoms with Gasteiger partial charge < -0.3 is 14.4 Å². The zero-order valence-corrected chi connectivity index (χ0v) is 16.0. The van der Waals surface area contributed by atoms with E-state index in [1.807, 2.05) is 6.07 Å². The third-order valence-electron chi connectivity index (χ3n) is 5.00. The maximum absolute atomic E-state index is 12.8. The molecule has 0 radical (unpaired) electrons. The Morgan fingerprint density at radius 1 is 1.10 bits per heavy atom. The molecule has 2 aromatic rings. The number of nitro groups is 1. The number of nitro benzene ring substituents is 1. The number of hydrogen-bond acceptors (Lipinski definition) is 7. The third-order valence-corrected chi connectivity index (χ3v) is 5.00. The largest absolute Gasteiger partial charge is 0.454 e. The lowest BCUT2D eigenvalue weighted by Crippen LogP contribution is -2.42. The van der Waals surface area contributed by atoms with Crippen molar-refractivity contribution in [2.75, 3.05) is 19.9 Å². The molecule has 0 aromatic heterocycles. The SMILES string of the molecule is CCN(Cc1ccc2c(c1)OCO2)C(=O)CN1C(=O)c2ccc([N+](=O)[O-])cc2C1=O. The van der Waals surface area contributed by atoms with Crippen molar-refractivity contribution in [3.05, 3.63) is 63.2 Å². The summed E-state index contributed by atoms with van der Waals surface area (Å²) in [4.78, 5) is 50.6. The number of amides is 3. The molecule has 2 aliphatic heterocycles. The van der Waals surface area contributed by atoms with Gasteiger partial charge in [0.05, 0.1) is 16.1 Å². The summed E-state index contributed by atoms with van der Waals surface area (Å²) in [6.07, 6.45) is 0. The van der Waals surface area contributed by atoms with E-state index in [-0.39, 0.29) is 30.2 Å². The van der Waals surface area contributed by atoms with Crippen LogP contribution < -0.4 is 9.47 Å². The third kappa shape index (κ3) is 3.32. The summed E-state index contributed by atoms with van der Waals surface area (Å²) in [5.74, 6) is -0.547. The molecule has 0 saturated carbocycles. The fourth-order valence-electron chi connectivity index (χ4n) is 3.41. The highest BCUT2D eigenvalue weighted by atomic mass is 16.7. The highest BCUT2D eigenvalue weighted by Crippen LogP contribution is 2.33. The zero-order valence-electron chi connectivity index (χ0n) is 16.0. The minimum Gasteiger partial charge on any atom is -0.454 e. The van der Waals surface area contributed by atoms with E-state index in [1.54, 1.807) is 19.1 Å². The molecule has 0 atom stereocenters. The predicted octanol–water partition coefficient (Wildman–Crippen LogP) is 1.97. The van der Waals surface area contributed by atoms with Gasteiger partial charge in [-0.15, -0.1) is 0 Å². The van der Waals surface area contributed by atoms with Gasteiger partial charge in [0, 0.05) is 25.2 Å². The van der Waals surface area contributed by atoms with Crippen molar-refractivity contribution in [2.45, 2.75) is 13.5 Å². The summed E-state index contributed by atoms with van der Waals surface area (Å²) >= 11 is 0.